The van der Waals surface area contributed by atoms with Crippen molar-refractivity contribution in [2.24, 2.45) is 5.92 Å². The van der Waals surface area contributed by atoms with E-state index in [0.29, 0.717) is 0 Å². The third-order valence-corrected chi connectivity index (χ3v) is 4.47. The SMILES string of the molecule is O=C1NCCCCC1Cc1nc2ccccc2s1. The quantitative estimate of drug-likeness (QED) is 0.902. The van der Waals surface area contributed by atoms with Crippen LogP contribution in [0.4, 0.5) is 0 Å². The highest BCUT2D eigenvalue weighted by Gasteiger charge is 2.22. The predicted molar refractivity (Wildman–Crippen MR) is 73.7 cm³/mol. The maximum atomic E-state index is 11.9. The molecule has 2 heterocycles. The summed E-state index contributed by atoms with van der Waals surface area (Å²) in [5, 5.41) is 4.07. The van der Waals surface area contributed by atoms with Gasteiger partial charge < -0.3 is 5.32 Å². The summed E-state index contributed by atoms with van der Waals surface area (Å²) in [5.74, 6) is 0.305. The second-order valence-corrected chi connectivity index (χ2v) is 5.88. The molecule has 0 aliphatic carbocycles. The number of benzene rings is 1. The molecule has 0 radical (unpaired) electrons. The fourth-order valence-corrected chi connectivity index (χ4v) is 3.46. The Morgan fingerprint density at radius 2 is 2.22 bits per heavy atom. The van der Waals surface area contributed by atoms with E-state index < -0.39 is 0 Å². The molecule has 1 saturated heterocycles. The van der Waals surface area contributed by atoms with Crippen molar-refractivity contribution < 1.29 is 4.79 Å². The van der Waals surface area contributed by atoms with Crippen molar-refractivity contribution in [3.63, 3.8) is 0 Å². The Balaban J connectivity index is 1.80. The van der Waals surface area contributed by atoms with Gasteiger partial charge in [-0.15, -0.1) is 11.3 Å². The van der Waals surface area contributed by atoms with Crippen LogP contribution in [0.15, 0.2) is 24.3 Å². The number of nitrogens with zero attached hydrogens (tertiary/aromatic N) is 1. The van der Waals surface area contributed by atoms with E-state index in [9.17, 15) is 4.79 Å². The van der Waals surface area contributed by atoms with E-state index in [1.165, 1.54) is 4.70 Å². The van der Waals surface area contributed by atoms with E-state index in [2.05, 4.69) is 16.4 Å². The number of aromatic nitrogens is 1. The molecular formula is C14H16N2OS. The average Bonchev–Trinajstić information content (AvgIpc) is 2.68. The van der Waals surface area contributed by atoms with Crippen molar-refractivity contribution in [1.82, 2.24) is 10.3 Å². The van der Waals surface area contributed by atoms with Crippen LogP contribution >= 0.6 is 11.3 Å². The molecule has 3 rings (SSSR count). The molecule has 3 nitrogen and oxygen atoms in total. The molecular weight excluding hydrogens is 244 g/mol. The number of amides is 1. The van der Waals surface area contributed by atoms with Crippen LogP contribution in [0.3, 0.4) is 0 Å². The molecule has 1 unspecified atom stereocenters. The van der Waals surface area contributed by atoms with Crippen molar-refractivity contribution in [3.05, 3.63) is 29.3 Å². The molecule has 2 aromatic rings. The number of hydrogen-bond acceptors (Lipinski definition) is 3. The summed E-state index contributed by atoms with van der Waals surface area (Å²) in [5.41, 5.74) is 1.05. The highest BCUT2D eigenvalue weighted by molar-refractivity contribution is 7.18. The maximum Gasteiger partial charge on any atom is 0.223 e. The largest absolute Gasteiger partial charge is 0.356 e. The first-order chi connectivity index (χ1) is 8.83. The third kappa shape index (κ3) is 2.38. The van der Waals surface area contributed by atoms with Crippen molar-refractivity contribution in [2.45, 2.75) is 25.7 Å². The van der Waals surface area contributed by atoms with E-state index >= 15 is 0 Å². The van der Waals surface area contributed by atoms with Crippen molar-refractivity contribution in [1.29, 1.82) is 0 Å². The van der Waals surface area contributed by atoms with Gasteiger partial charge in [-0.05, 0) is 25.0 Å². The topological polar surface area (TPSA) is 42.0 Å². The molecule has 94 valence electrons. The minimum absolute atomic E-state index is 0.105. The van der Waals surface area contributed by atoms with E-state index in [0.717, 1.165) is 42.8 Å². The molecule has 0 spiro atoms. The van der Waals surface area contributed by atoms with Crippen LogP contribution < -0.4 is 5.32 Å². The lowest BCUT2D eigenvalue weighted by Gasteiger charge is -2.10. The van der Waals surface area contributed by atoms with Gasteiger partial charge in [0.05, 0.1) is 15.2 Å². The lowest BCUT2D eigenvalue weighted by Crippen LogP contribution is -2.29. The van der Waals surface area contributed by atoms with E-state index in [4.69, 9.17) is 0 Å². The smallest absolute Gasteiger partial charge is 0.223 e. The summed E-state index contributed by atoms with van der Waals surface area (Å²) in [7, 11) is 0. The Bertz CT molecular complexity index is 531. The Labute approximate surface area is 110 Å². The summed E-state index contributed by atoms with van der Waals surface area (Å²) in [6.45, 7) is 0.829. The van der Waals surface area contributed by atoms with Gasteiger partial charge in [0.2, 0.25) is 5.91 Å². The van der Waals surface area contributed by atoms with Crippen LogP contribution in [0.2, 0.25) is 0 Å². The summed E-state index contributed by atoms with van der Waals surface area (Å²) in [4.78, 5) is 16.5. The number of carbonyl (C=O) groups is 1. The van der Waals surface area contributed by atoms with Crippen molar-refractivity contribution in [2.75, 3.05) is 6.54 Å². The van der Waals surface area contributed by atoms with Crippen molar-refractivity contribution >= 4 is 27.5 Å². The number of thiazole rings is 1. The second-order valence-electron chi connectivity index (χ2n) is 4.76. The molecule has 1 amide bonds. The summed E-state index contributed by atoms with van der Waals surface area (Å²) in [6.07, 6.45) is 4.00. The van der Waals surface area contributed by atoms with Gasteiger partial charge >= 0.3 is 0 Å². The molecule has 1 aliphatic rings. The molecule has 1 atom stereocenters. The van der Waals surface area contributed by atoms with E-state index in [1.807, 2.05) is 18.2 Å². The van der Waals surface area contributed by atoms with Gasteiger partial charge in [-0.3, -0.25) is 4.79 Å². The number of hydrogen-bond donors (Lipinski definition) is 1. The Morgan fingerprint density at radius 3 is 3.11 bits per heavy atom. The van der Waals surface area contributed by atoms with Crippen LogP contribution in [-0.2, 0) is 11.2 Å². The maximum absolute atomic E-state index is 11.9. The van der Waals surface area contributed by atoms with Gasteiger partial charge in [-0.2, -0.15) is 0 Å². The van der Waals surface area contributed by atoms with Gasteiger partial charge in [0.25, 0.3) is 0 Å². The van der Waals surface area contributed by atoms with Crippen LogP contribution in [0.5, 0.6) is 0 Å². The fraction of sp³-hybridized carbons (Fsp3) is 0.429. The number of fused-ring (bicyclic) bond motifs is 1. The summed E-state index contributed by atoms with van der Waals surface area (Å²) in [6, 6.07) is 8.15. The minimum atomic E-state index is 0.105. The first-order valence-electron chi connectivity index (χ1n) is 6.45. The van der Waals surface area contributed by atoms with Gasteiger partial charge in [0.15, 0.2) is 0 Å². The predicted octanol–water partition coefficient (Wildman–Crippen LogP) is 2.76. The lowest BCUT2D eigenvalue weighted by atomic mass is 9.99. The van der Waals surface area contributed by atoms with Gasteiger partial charge in [0.1, 0.15) is 0 Å². The fourth-order valence-electron chi connectivity index (χ4n) is 2.42. The van der Waals surface area contributed by atoms with Gasteiger partial charge in [-0.25, -0.2) is 4.98 Å². The first-order valence-corrected chi connectivity index (χ1v) is 7.27. The summed E-state index contributed by atoms with van der Waals surface area (Å²) >= 11 is 1.71. The van der Waals surface area contributed by atoms with E-state index in [1.54, 1.807) is 11.3 Å². The molecule has 0 bridgehead atoms. The zero-order valence-corrected chi connectivity index (χ0v) is 11.0. The van der Waals surface area contributed by atoms with Crippen LogP contribution in [0.25, 0.3) is 10.2 Å². The minimum Gasteiger partial charge on any atom is -0.356 e. The Kier molecular flexibility index (Phi) is 3.28. The standard InChI is InChI=1S/C14H16N2OS/c17-14-10(5-3-4-8-15-14)9-13-16-11-6-1-2-7-12(11)18-13/h1-2,6-7,10H,3-5,8-9H2,(H,15,17). The van der Waals surface area contributed by atoms with Crippen molar-refractivity contribution in [3.8, 4) is 0 Å². The highest BCUT2D eigenvalue weighted by Crippen LogP contribution is 2.25. The number of para-hydroxylation sites is 1. The third-order valence-electron chi connectivity index (χ3n) is 3.41. The first kappa shape index (κ1) is 11.7. The van der Waals surface area contributed by atoms with Crippen LogP contribution in [-0.4, -0.2) is 17.4 Å². The van der Waals surface area contributed by atoms with E-state index in [-0.39, 0.29) is 11.8 Å². The molecule has 1 aromatic heterocycles. The normalized spacial score (nSPS) is 20.7. The molecule has 1 N–H and O–H groups in total. The summed E-state index contributed by atoms with van der Waals surface area (Å²) < 4.78 is 1.21. The molecule has 4 heteroatoms. The zero-order valence-electron chi connectivity index (χ0n) is 10.2. The average molecular weight is 260 g/mol. The molecule has 18 heavy (non-hydrogen) atoms. The number of nitrogens with one attached hydrogen (secondary N) is 1. The Morgan fingerprint density at radius 1 is 1.33 bits per heavy atom. The zero-order chi connectivity index (χ0) is 12.4. The Hall–Kier alpha value is -1.42. The molecule has 1 aliphatic heterocycles. The lowest BCUT2D eigenvalue weighted by molar-refractivity contribution is -0.124. The van der Waals surface area contributed by atoms with Crippen LogP contribution in [0.1, 0.15) is 24.3 Å². The van der Waals surface area contributed by atoms with Gasteiger partial charge in [0, 0.05) is 18.9 Å². The van der Waals surface area contributed by atoms with Crippen LogP contribution in [0, 0.1) is 5.92 Å². The molecule has 0 saturated carbocycles. The second kappa shape index (κ2) is 5.06. The highest BCUT2D eigenvalue weighted by atomic mass is 32.1. The number of rotatable bonds is 2. The molecule has 1 fully saturated rings. The van der Waals surface area contributed by atoms with Gasteiger partial charge in [-0.1, -0.05) is 18.6 Å². The molecule has 1 aromatic carbocycles. The monoisotopic (exact) mass is 260 g/mol. The number of carbonyl (C=O) groups excluding carboxylic acids is 1.